The number of halogens is 1. The van der Waals surface area contributed by atoms with Crippen LogP contribution >= 0.6 is 0 Å². The van der Waals surface area contributed by atoms with Gasteiger partial charge in [0.15, 0.2) is 11.5 Å². The Kier molecular flexibility index (Phi) is 5.77. The first-order valence-corrected chi connectivity index (χ1v) is 9.69. The number of fused-ring (bicyclic) bond motifs is 1. The minimum Gasteiger partial charge on any atom is -0.478 e. The van der Waals surface area contributed by atoms with E-state index in [0.717, 1.165) is 18.2 Å². The van der Waals surface area contributed by atoms with Crippen LogP contribution in [-0.4, -0.2) is 49.3 Å². The number of hydrogen-bond donors (Lipinski definition) is 2. The lowest BCUT2D eigenvalue weighted by Crippen LogP contribution is -2.15. The molecule has 0 saturated carbocycles. The number of amides is 1. The summed E-state index contributed by atoms with van der Waals surface area (Å²) in [6.45, 7) is 1.86. The summed E-state index contributed by atoms with van der Waals surface area (Å²) in [6, 6.07) is 8.02. The van der Waals surface area contributed by atoms with Gasteiger partial charge in [-0.1, -0.05) is 6.07 Å². The Morgan fingerprint density at radius 2 is 1.91 bits per heavy atom. The van der Waals surface area contributed by atoms with Crippen LogP contribution < -0.4 is 5.32 Å². The third kappa shape index (κ3) is 4.24. The second-order valence-electron chi connectivity index (χ2n) is 6.72. The minimum absolute atomic E-state index is 0.00237. The lowest BCUT2D eigenvalue weighted by molar-refractivity contribution is 0.0518. The van der Waals surface area contributed by atoms with Crippen molar-refractivity contribution in [2.75, 3.05) is 11.9 Å². The van der Waals surface area contributed by atoms with Gasteiger partial charge in [0.25, 0.3) is 5.91 Å². The predicted molar refractivity (Wildman–Crippen MR) is 114 cm³/mol. The molecule has 0 aliphatic carbocycles. The normalized spacial score (nSPS) is 10.7. The molecule has 0 spiro atoms. The van der Waals surface area contributed by atoms with Crippen LogP contribution in [0.4, 0.5) is 10.2 Å². The second-order valence-corrected chi connectivity index (χ2v) is 6.72. The molecule has 33 heavy (non-hydrogen) atoms. The Bertz CT molecular complexity index is 1380. The molecule has 4 rings (SSSR count). The number of anilines is 1. The molecule has 166 valence electrons. The molecule has 0 unspecified atom stereocenters. The van der Waals surface area contributed by atoms with E-state index in [9.17, 15) is 23.9 Å². The molecular formula is C22H16FN5O5. The van der Waals surface area contributed by atoms with Crippen molar-refractivity contribution in [3.63, 3.8) is 0 Å². The van der Waals surface area contributed by atoms with Gasteiger partial charge in [0.2, 0.25) is 0 Å². The molecule has 11 heteroatoms. The molecule has 1 amide bonds. The van der Waals surface area contributed by atoms with E-state index in [2.05, 4.69) is 20.4 Å². The highest BCUT2D eigenvalue weighted by molar-refractivity contribution is 6.12. The summed E-state index contributed by atoms with van der Waals surface area (Å²) in [6.07, 6.45) is 3.79. The largest absolute Gasteiger partial charge is 0.478 e. The van der Waals surface area contributed by atoms with Crippen molar-refractivity contribution >= 4 is 34.6 Å². The molecule has 10 nitrogen and oxygen atoms in total. The van der Waals surface area contributed by atoms with Gasteiger partial charge in [0.1, 0.15) is 5.82 Å². The highest BCUT2D eigenvalue weighted by Gasteiger charge is 2.19. The van der Waals surface area contributed by atoms with E-state index in [1.165, 1.54) is 23.3 Å². The standard InChI is InChI=1S/C22H16FN5O5/c1-2-33-22(32)16-10-25-19(11-24-16)27-20(29)13-4-3-5-17-15(13)9-26-28(17)18-8-12(23)6-7-14(18)21(30)31/h3-11H,2H2,1H3,(H,30,31)(H,25,27,29). The predicted octanol–water partition coefficient (Wildman–Crippen LogP) is 3.08. The zero-order valence-electron chi connectivity index (χ0n) is 17.2. The lowest BCUT2D eigenvalue weighted by Gasteiger charge is -2.09. The van der Waals surface area contributed by atoms with Gasteiger partial charge < -0.3 is 15.2 Å². The average Bonchev–Trinajstić information content (AvgIpc) is 3.23. The van der Waals surface area contributed by atoms with Crippen molar-refractivity contribution in [1.82, 2.24) is 19.7 Å². The van der Waals surface area contributed by atoms with Crippen LogP contribution in [-0.2, 0) is 4.74 Å². The van der Waals surface area contributed by atoms with E-state index < -0.39 is 23.7 Å². The van der Waals surface area contributed by atoms with E-state index in [1.807, 2.05) is 0 Å². The Labute approximate surface area is 185 Å². The quantitative estimate of drug-likeness (QED) is 0.429. The number of ether oxygens (including phenoxy) is 1. The van der Waals surface area contributed by atoms with E-state index in [1.54, 1.807) is 25.1 Å². The van der Waals surface area contributed by atoms with Crippen molar-refractivity contribution in [1.29, 1.82) is 0 Å². The number of esters is 1. The van der Waals surface area contributed by atoms with Crippen LogP contribution in [0.3, 0.4) is 0 Å². The number of carboxylic acid groups (broad SMARTS) is 1. The minimum atomic E-state index is -1.24. The first-order valence-electron chi connectivity index (χ1n) is 9.69. The smallest absolute Gasteiger partial charge is 0.358 e. The van der Waals surface area contributed by atoms with Gasteiger partial charge in [0.05, 0.1) is 47.5 Å². The van der Waals surface area contributed by atoms with Crippen LogP contribution in [0.25, 0.3) is 16.6 Å². The summed E-state index contributed by atoms with van der Waals surface area (Å²) in [5, 5.41) is 16.6. The lowest BCUT2D eigenvalue weighted by atomic mass is 10.1. The van der Waals surface area contributed by atoms with Crippen molar-refractivity contribution in [3.8, 4) is 5.69 Å². The van der Waals surface area contributed by atoms with Gasteiger partial charge in [-0.2, -0.15) is 5.10 Å². The fraction of sp³-hybridized carbons (Fsp3) is 0.0909. The van der Waals surface area contributed by atoms with Crippen LogP contribution in [0.1, 0.15) is 38.1 Å². The maximum absolute atomic E-state index is 13.8. The first-order chi connectivity index (χ1) is 15.9. The first kappa shape index (κ1) is 21.6. The molecule has 2 aromatic heterocycles. The summed E-state index contributed by atoms with van der Waals surface area (Å²) in [7, 11) is 0. The molecule has 0 bridgehead atoms. The van der Waals surface area contributed by atoms with E-state index in [0.29, 0.717) is 10.9 Å². The zero-order chi connectivity index (χ0) is 23.5. The highest BCUT2D eigenvalue weighted by Crippen LogP contribution is 2.25. The third-order valence-electron chi connectivity index (χ3n) is 4.65. The van der Waals surface area contributed by atoms with Crippen molar-refractivity contribution < 1.29 is 28.6 Å². The number of carbonyl (C=O) groups is 3. The molecule has 4 aromatic rings. The van der Waals surface area contributed by atoms with Crippen molar-refractivity contribution in [2.24, 2.45) is 0 Å². The topological polar surface area (TPSA) is 136 Å². The monoisotopic (exact) mass is 449 g/mol. The number of aromatic nitrogens is 4. The van der Waals surface area contributed by atoms with Crippen LogP contribution in [0.2, 0.25) is 0 Å². The van der Waals surface area contributed by atoms with Crippen molar-refractivity contribution in [2.45, 2.75) is 6.92 Å². The zero-order valence-corrected chi connectivity index (χ0v) is 17.2. The SMILES string of the molecule is CCOC(=O)c1cnc(NC(=O)c2cccc3c2cnn3-c2cc(F)ccc2C(=O)O)cn1. The Morgan fingerprint density at radius 3 is 2.61 bits per heavy atom. The fourth-order valence-electron chi connectivity index (χ4n) is 3.19. The number of hydrogen-bond acceptors (Lipinski definition) is 7. The van der Waals surface area contributed by atoms with Crippen molar-refractivity contribution in [3.05, 3.63) is 77.6 Å². The van der Waals surface area contributed by atoms with Gasteiger partial charge in [0, 0.05) is 11.5 Å². The number of aromatic carboxylic acids is 1. The number of benzene rings is 2. The molecule has 0 fully saturated rings. The van der Waals surface area contributed by atoms with E-state index in [-0.39, 0.29) is 34.9 Å². The molecule has 2 aromatic carbocycles. The Balaban J connectivity index is 1.66. The van der Waals surface area contributed by atoms with E-state index in [4.69, 9.17) is 4.74 Å². The molecule has 0 radical (unpaired) electrons. The number of rotatable bonds is 6. The van der Waals surface area contributed by atoms with Gasteiger partial charge in [-0.25, -0.2) is 28.6 Å². The highest BCUT2D eigenvalue weighted by atomic mass is 19.1. The molecule has 2 N–H and O–H groups in total. The molecule has 0 saturated heterocycles. The van der Waals surface area contributed by atoms with E-state index >= 15 is 0 Å². The number of nitrogens with zero attached hydrogens (tertiary/aromatic N) is 4. The third-order valence-corrected chi connectivity index (χ3v) is 4.65. The molecule has 0 aliphatic rings. The van der Waals surface area contributed by atoms with Crippen LogP contribution in [0.15, 0.2) is 55.0 Å². The maximum atomic E-state index is 13.8. The molecule has 0 atom stereocenters. The van der Waals surface area contributed by atoms with Crippen LogP contribution in [0.5, 0.6) is 0 Å². The summed E-state index contributed by atoms with van der Waals surface area (Å²) in [5.74, 6) is -2.92. The number of nitrogens with one attached hydrogen (secondary N) is 1. The Morgan fingerprint density at radius 1 is 1.09 bits per heavy atom. The molecular weight excluding hydrogens is 433 g/mol. The van der Waals surface area contributed by atoms with Gasteiger partial charge in [-0.05, 0) is 31.2 Å². The molecule has 2 heterocycles. The van der Waals surface area contributed by atoms with Gasteiger partial charge in [-0.3, -0.25) is 4.79 Å². The average molecular weight is 449 g/mol. The summed E-state index contributed by atoms with van der Waals surface area (Å²) < 4.78 is 19.9. The maximum Gasteiger partial charge on any atom is 0.358 e. The number of carboxylic acids is 1. The summed E-state index contributed by atoms with van der Waals surface area (Å²) in [5.41, 5.74) is 0.508. The fourth-order valence-corrected chi connectivity index (χ4v) is 3.19. The second kappa shape index (κ2) is 8.83. The van der Waals surface area contributed by atoms with Crippen LogP contribution in [0, 0.1) is 5.82 Å². The summed E-state index contributed by atoms with van der Waals surface area (Å²) in [4.78, 5) is 44.0. The number of carbonyl (C=O) groups excluding carboxylic acids is 2. The summed E-state index contributed by atoms with van der Waals surface area (Å²) >= 11 is 0. The van der Waals surface area contributed by atoms with Gasteiger partial charge >= 0.3 is 11.9 Å². The van der Waals surface area contributed by atoms with Gasteiger partial charge in [-0.15, -0.1) is 0 Å². The Hall–Kier alpha value is -4.67. The molecule has 0 aliphatic heterocycles.